The minimum Gasteiger partial charge on any atom is -0.352 e. The summed E-state index contributed by atoms with van der Waals surface area (Å²) in [4.78, 5) is 25.2. The van der Waals surface area contributed by atoms with Crippen LogP contribution in [0.25, 0.3) is 0 Å². The number of hydrogen-bond acceptors (Lipinski definition) is 7. The molecule has 2 aromatic rings. The van der Waals surface area contributed by atoms with Crippen LogP contribution >= 0.6 is 0 Å². The van der Waals surface area contributed by atoms with Crippen LogP contribution in [0.1, 0.15) is 42.1 Å². The molecule has 9 nitrogen and oxygen atoms in total. The van der Waals surface area contributed by atoms with Gasteiger partial charge >= 0.3 is 0 Å². The largest absolute Gasteiger partial charge is 0.352 e. The maximum atomic E-state index is 12.8. The van der Waals surface area contributed by atoms with Crippen molar-refractivity contribution in [2.75, 3.05) is 17.8 Å². The Morgan fingerprint density at radius 2 is 1.68 bits per heavy atom. The predicted octanol–water partition coefficient (Wildman–Crippen LogP) is 1.79. The summed E-state index contributed by atoms with van der Waals surface area (Å²) in [5.74, 6) is -0.307. The van der Waals surface area contributed by atoms with Gasteiger partial charge in [0.2, 0.25) is 0 Å². The minimum atomic E-state index is -3.25. The normalized spacial score (nSPS) is 15.8. The Morgan fingerprint density at radius 3 is 2.26 bits per heavy atom. The zero-order chi connectivity index (χ0) is 24.3. The summed E-state index contributed by atoms with van der Waals surface area (Å²) < 4.78 is 23.4. The third-order valence-electron chi connectivity index (χ3n) is 5.72. The molecular weight excluding hydrogens is 454 g/mol. The Morgan fingerprint density at radius 1 is 1.00 bits per heavy atom. The molecule has 1 heterocycles. The Balaban J connectivity index is 1.55. The van der Waals surface area contributed by atoms with Gasteiger partial charge in [0.05, 0.1) is 16.3 Å². The highest BCUT2D eigenvalue weighted by atomic mass is 32.2. The van der Waals surface area contributed by atoms with Crippen LogP contribution in [0, 0.1) is 0 Å². The van der Waals surface area contributed by atoms with Gasteiger partial charge in [-0.15, -0.1) is 5.53 Å². The Hall–Kier alpha value is -3.37. The predicted molar refractivity (Wildman–Crippen MR) is 129 cm³/mol. The van der Waals surface area contributed by atoms with E-state index in [1.807, 2.05) is 19.1 Å². The second kappa shape index (κ2) is 9.86. The molecule has 0 spiro atoms. The number of allylic oxidation sites excluding steroid dienone is 1. The molecule has 4 rings (SSSR count). The fourth-order valence-corrected chi connectivity index (χ4v) is 4.31. The molecule has 2 aliphatic rings. The molecule has 1 saturated carbocycles. The van der Waals surface area contributed by atoms with Gasteiger partial charge in [-0.2, -0.15) is 0 Å². The first-order valence-electron chi connectivity index (χ1n) is 11.3. The van der Waals surface area contributed by atoms with Crippen molar-refractivity contribution in [2.24, 2.45) is 0 Å². The van der Waals surface area contributed by atoms with Crippen LogP contribution in [0.5, 0.6) is 0 Å². The molecule has 2 aromatic carbocycles. The van der Waals surface area contributed by atoms with E-state index >= 15 is 0 Å². The third-order valence-corrected chi connectivity index (χ3v) is 6.85. The van der Waals surface area contributed by atoms with Gasteiger partial charge in [0.15, 0.2) is 9.84 Å². The average Bonchev–Trinajstić information content (AvgIpc) is 3.52. The summed E-state index contributed by atoms with van der Waals surface area (Å²) in [5, 5.41) is 7.59. The third kappa shape index (κ3) is 5.57. The van der Waals surface area contributed by atoms with Gasteiger partial charge in [0.25, 0.3) is 11.8 Å². The van der Waals surface area contributed by atoms with Crippen LogP contribution in [-0.4, -0.2) is 39.1 Å². The van der Waals surface area contributed by atoms with E-state index in [1.165, 1.54) is 6.26 Å². The number of carbonyl (C=O) groups excluding carboxylic acids is 2. The molecule has 34 heavy (non-hydrogen) atoms. The molecule has 1 aliphatic carbocycles. The molecule has 0 unspecified atom stereocenters. The first-order chi connectivity index (χ1) is 16.3. The molecule has 0 atom stereocenters. The second-order valence-corrected chi connectivity index (χ2v) is 10.5. The molecular formula is C24H29N5O4S. The van der Waals surface area contributed by atoms with Crippen LogP contribution in [-0.2, 0) is 21.1 Å². The zero-order valence-corrected chi connectivity index (χ0v) is 20.0. The van der Waals surface area contributed by atoms with Crippen molar-refractivity contribution in [3.63, 3.8) is 0 Å². The van der Waals surface area contributed by atoms with E-state index in [4.69, 9.17) is 0 Å². The van der Waals surface area contributed by atoms with Crippen LogP contribution in [0.4, 0.5) is 5.69 Å². The lowest BCUT2D eigenvalue weighted by atomic mass is 10.1. The number of amides is 2. The van der Waals surface area contributed by atoms with Crippen LogP contribution < -0.4 is 26.6 Å². The topological polar surface area (TPSA) is 120 Å². The molecule has 0 bridgehead atoms. The number of anilines is 1. The Labute approximate surface area is 199 Å². The lowest BCUT2D eigenvalue weighted by Crippen LogP contribution is -2.40. The molecule has 0 radical (unpaired) electrons. The van der Waals surface area contributed by atoms with Crippen molar-refractivity contribution < 1.29 is 18.0 Å². The Kier molecular flexibility index (Phi) is 6.90. The highest BCUT2D eigenvalue weighted by Crippen LogP contribution is 2.27. The van der Waals surface area contributed by atoms with Crippen molar-refractivity contribution in [2.45, 2.75) is 43.5 Å². The van der Waals surface area contributed by atoms with Crippen molar-refractivity contribution in [1.29, 1.82) is 0 Å². The van der Waals surface area contributed by atoms with Gasteiger partial charge in [-0.1, -0.05) is 12.1 Å². The summed E-state index contributed by atoms with van der Waals surface area (Å²) in [6, 6.07) is 14.1. The van der Waals surface area contributed by atoms with Crippen molar-refractivity contribution >= 4 is 27.3 Å². The molecule has 0 saturated heterocycles. The fraction of sp³-hybridized carbons (Fsp3) is 0.333. The molecule has 1 fully saturated rings. The first-order valence-corrected chi connectivity index (χ1v) is 13.2. The maximum absolute atomic E-state index is 12.8. The van der Waals surface area contributed by atoms with Gasteiger partial charge in [-0.3, -0.25) is 20.0 Å². The van der Waals surface area contributed by atoms with Crippen molar-refractivity contribution in [3.8, 4) is 0 Å². The van der Waals surface area contributed by atoms with E-state index in [9.17, 15) is 18.0 Å². The van der Waals surface area contributed by atoms with E-state index in [0.717, 1.165) is 29.8 Å². The van der Waals surface area contributed by atoms with Gasteiger partial charge < -0.3 is 10.6 Å². The van der Waals surface area contributed by atoms with Gasteiger partial charge in [0, 0.05) is 24.4 Å². The Bertz CT molecular complexity index is 1200. The molecule has 1 aliphatic heterocycles. The number of aryl methyl sites for hydroxylation is 1. The number of rotatable bonds is 9. The number of hydrogen-bond donors (Lipinski definition) is 4. The van der Waals surface area contributed by atoms with E-state index in [1.54, 1.807) is 41.4 Å². The number of nitrogens with zero attached hydrogens (tertiary/aromatic N) is 1. The zero-order valence-electron chi connectivity index (χ0n) is 19.2. The summed E-state index contributed by atoms with van der Waals surface area (Å²) in [6.45, 7) is 2.42. The van der Waals surface area contributed by atoms with Crippen molar-refractivity contribution in [1.82, 2.24) is 21.6 Å². The monoisotopic (exact) mass is 483 g/mol. The summed E-state index contributed by atoms with van der Waals surface area (Å²) in [7, 11) is -3.25. The highest BCUT2D eigenvalue weighted by Gasteiger charge is 2.31. The van der Waals surface area contributed by atoms with Crippen LogP contribution in [0.2, 0.25) is 0 Å². The number of carbonyl (C=O) groups is 2. The van der Waals surface area contributed by atoms with E-state index in [0.29, 0.717) is 30.6 Å². The van der Waals surface area contributed by atoms with E-state index in [-0.39, 0.29) is 22.8 Å². The van der Waals surface area contributed by atoms with E-state index in [2.05, 4.69) is 21.6 Å². The smallest absolute Gasteiger partial charge is 0.270 e. The number of sulfone groups is 1. The summed E-state index contributed by atoms with van der Waals surface area (Å²) >= 11 is 0. The lowest BCUT2D eigenvalue weighted by molar-refractivity contribution is -0.118. The first kappa shape index (κ1) is 23.8. The SMILES string of the molecule is CCNC(=O)c1ccc(N2NNC(C(=O)NC3CC3)=C2CCc2ccc(S(C)(=O)=O)cc2)cc1. The quantitative estimate of drug-likeness (QED) is 0.429. The van der Waals surface area contributed by atoms with Crippen molar-refractivity contribution in [3.05, 3.63) is 71.1 Å². The van der Waals surface area contributed by atoms with Crippen LogP contribution in [0.3, 0.4) is 0 Å². The van der Waals surface area contributed by atoms with Gasteiger partial charge in [0.1, 0.15) is 5.70 Å². The van der Waals surface area contributed by atoms with Gasteiger partial charge in [-0.05, 0) is 74.6 Å². The van der Waals surface area contributed by atoms with E-state index < -0.39 is 9.84 Å². The lowest BCUT2D eigenvalue weighted by Gasteiger charge is -2.21. The highest BCUT2D eigenvalue weighted by molar-refractivity contribution is 7.90. The second-order valence-electron chi connectivity index (χ2n) is 8.46. The summed E-state index contributed by atoms with van der Waals surface area (Å²) in [5.41, 5.74) is 9.55. The molecule has 4 N–H and O–H groups in total. The summed E-state index contributed by atoms with van der Waals surface area (Å²) in [6.07, 6.45) is 4.29. The fourth-order valence-electron chi connectivity index (χ4n) is 3.68. The van der Waals surface area contributed by atoms with Gasteiger partial charge in [-0.25, -0.2) is 8.42 Å². The molecule has 0 aromatic heterocycles. The number of benzene rings is 2. The average molecular weight is 484 g/mol. The number of nitrogens with one attached hydrogen (secondary N) is 4. The maximum Gasteiger partial charge on any atom is 0.270 e. The van der Waals surface area contributed by atoms with Crippen LogP contribution in [0.15, 0.2) is 64.8 Å². The molecule has 10 heteroatoms. The molecule has 180 valence electrons. The standard InChI is InChI=1S/C24H29N5O4S/c1-3-25-23(30)17-7-11-19(12-8-17)29-21(22(27-28-29)24(31)26-18-9-10-18)15-6-16-4-13-20(14-5-16)34(2,32)33/h4-5,7-8,11-14,18,27-28H,3,6,9-10,15H2,1-2H3,(H,25,30)(H,26,31). The number of hydrazine groups is 2. The molecule has 2 amide bonds. The minimum absolute atomic E-state index is 0.139.